The molecule has 0 aromatic heterocycles. The lowest BCUT2D eigenvalue weighted by Crippen LogP contribution is -2.54. The molecule has 1 saturated heterocycles. The van der Waals surface area contributed by atoms with Crippen molar-refractivity contribution in [2.75, 3.05) is 33.3 Å². The van der Waals surface area contributed by atoms with Crippen LogP contribution in [0.25, 0.3) is 0 Å². The van der Waals surface area contributed by atoms with Crippen LogP contribution in [0, 0.1) is 5.92 Å². The van der Waals surface area contributed by atoms with Crippen LogP contribution in [0.15, 0.2) is 24.3 Å². The molecule has 2 N–H and O–H groups in total. The highest BCUT2D eigenvalue weighted by Gasteiger charge is 2.29. The number of methoxy groups -OCH3 is 1. The van der Waals surface area contributed by atoms with Crippen LogP contribution < -0.4 is 10.1 Å². The van der Waals surface area contributed by atoms with Crippen molar-refractivity contribution < 1.29 is 19.4 Å². The lowest BCUT2D eigenvalue weighted by Gasteiger charge is -2.36. The first-order valence-corrected chi connectivity index (χ1v) is 9.02. The van der Waals surface area contributed by atoms with E-state index in [1.807, 2.05) is 38.1 Å². The summed E-state index contributed by atoms with van der Waals surface area (Å²) in [7, 11) is 1.65. The van der Waals surface area contributed by atoms with Crippen LogP contribution in [0.5, 0.6) is 5.75 Å². The van der Waals surface area contributed by atoms with Gasteiger partial charge in [-0.3, -0.25) is 9.69 Å². The Morgan fingerprint density at radius 2 is 1.77 bits per heavy atom. The van der Waals surface area contributed by atoms with Crippen molar-refractivity contribution >= 4 is 12.0 Å². The summed E-state index contributed by atoms with van der Waals surface area (Å²) in [5, 5.41) is 11.4. The Hall–Kier alpha value is -2.28. The maximum atomic E-state index is 12.7. The minimum Gasteiger partial charge on any atom is -0.497 e. The molecule has 7 heteroatoms. The second-order valence-electron chi connectivity index (χ2n) is 7.08. The number of ether oxygens (including phenoxy) is 1. The Morgan fingerprint density at radius 3 is 2.27 bits per heavy atom. The molecule has 1 aromatic rings. The van der Waals surface area contributed by atoms with E-state index in [1.54, 1.807) is 12.0 Å². The number of hydrogen-bond acceptors (Lipinski definition) is 4. The van der Waals surface area contributed by atoms with Gasteiger partial charge in [0.25, 0.3) is 0 Å². The quantitative estimate of drug-likeness (QED) is 0.775. The fourth-order valence-electron chi connectivity index (χ4n) is 3.18. The molecule has 1 heterocycles. The zero-order valence-corrected chi connectivity index (χ0v) is 15.8. The number of nitrogens with one attached hydrogen (secondary N) is 1. The van der Waals surface area contributed by atoms with Gasteiger partial charge in [0.15, 0.2) is 0 Å². The lowest BCUT2D eigenvalue weighted by molar-refractivity contribution is -0.135. The van der Waals surface area contributed by atoms with E-state index in [0.717, 1.165) is 25.4 Å². The maximum absolute atomic E-state index is 12.7. The lowest BCUT2D eigenvalue weighted by atomic mass is 10.0. The second-order valence-corrected chi connectivity index (χ2v) is 7.08. The predicted molar refractivity (Wildman–Crippen MR) is 99.3 cm³/mol. The number of hydrogen-bond donors (Lipinski definition) is 2. The Labute approximate surface area is 154 Å². The minimum atomic E-state index is -1.15. The number of nitrogens with zero attached hydrogens (tertiary/aromatic N) is 2. The molecule has 144 valence electrons. The molecule has 1 aliphatic rings. The summed E-state index contributed by atoms with van der Waals surface area (Å²) in [6.45, 7) is 7.58. The SMILES string of the molecule is COc1ccc(CN2CCN(C(=O)[C@H](CC(C)C)NC(=O)O)CC2)cc1. The van der Waals surface area contributed by atoms with Gasteiger partial charge in [-0.25, -0.2) is 4.79 Å². The average Bonchev–Trinajstić information content (AvgIpc) is 2.61. The van der Waals surface area contributed by atoms with E-state index >= 15 is 0 Å². The minimum absolute atomic E-state index is 0.120. The van der Waals surface area contributed by atoms with Gasteiger partial charge >= 0.3 is 6.09 Å². The first-order valence-electron chi connectivity index (χ1n) is 9.02. The van der Waals surface area contributed by atoms with Gasteiger partial charge < -0.3 is 20.1 Å². The molecular weight excluding hydrogens is 334 g/mol. The van der Waals surface area contributed by atoms with Crippen LogP contribution in [-0.2, 0) is 11.3 Å². The van der Waals surface area contributed by atoms with Crippen molar-refractivity contribution in [3.8, 4) is 5.75 Å². The van der Waals surface area contributed by atoms with Crippen molar-refractivity contribution in [3.63, 3.8) is 0 Å². The highest BCUT2D eigenvalue weighted by molar-refractivity contribution is 5.85. The Kier molecular flexibility index (Phi) is 7.26. The average molecular weight is 363 g/mol. The van der Waals surface area contributed by atoms with Gasteiger partial charge in [-0.2, -0.15) is 0 Å². The van der Waals surface area contributed by atoms with Gasteiger partial charge in [0, 0.05) is 32.7 Å². The summed E-state index contributed by atoms with van der Waals surface area (Å²) in [4.78, 5) is 27.7. The molecule has 2 amide bonds. The molecule has 0 bridgehead atoms. The van der Waals surface area contributed by atoms with E-state index in [9.17, 15) is 9.59 Å². The molecule has 0 unspecified atom stereocenters. The fraction of sp³-hybridized carbons (Fsp3) is 0.579. The summed E-state index contributed by atoms with van der Waals surface area (Å²) in [5.74, 6) is 0.962. The van der Waals surface area contributed by atoms with Crippen molar-refractivity contribution in [3.05, 3.63) is 29.8 Å². The number of piperazine rings is 1. The molecule has 1 aliphatic heterocycles. The largest absolute Gasteiger partial charge is 0.497 e. The van der Waals surface area contributed by atoms with E-state index in [4.69, 9.17) is 9.84 Å². The molecule has 7 nitrogen and oxygen atoms in total. The molecule has 0 spiro atoms. The molecule has 0 saturated carbocycles. The normalized spacial score (nSPS) is 16.4. The highest BCUT2D eigenvalue weighted by Crippen LogP contribution is 2.15. The van der Waals surface area contributed by atoms with Gasteiger partial charge in [-0.15, -0.1) is 0 Å². The van der Waals surface area contributed by atoms with E-state index in [0.29, 0.717) is 19.5 Å². The third-order valence-corrected chi connectivity index (χ3v) is 4.55. The molecule has 0 radical (unpaired) electrons. The molecule has 2 rings (SSSR count). The highest BCUT2D eigenvalue weighted by atomic mass is 16.5. The van der Waals surface area contributed by atoms with Gasteiger partial charge in [-0.05, 0) is 30.0 Å². The number of amides is 2. The molecule has 0 aliphatic carbocycles. The predicted octanol–water partition coefficient (Wildman–Crippen LogP) is 2.02. The van der Waals surface area contributed by atoms with Crippen molar-refractivity contribution in [1.82, 2.24) is 15.1 Å². The fourth-order valence-corrected chi connectivity index (χ4v) is 3.18. The Morgan fingerprint density at radius 1 is 1.15 bits per heavy atom. The Bertz CT molecular complexity index is 595. The van der Waals surface area contributed by atoms with E-state index < -0.39 is 12.1 Å². The van der Waals surface area contributed by atoms with E-state index in [1.165, 1.54) is 5.56 Å². The van der Waals surface area contributed by atoms with Crippen molar-refractivity contribution in [2.24, 2.45) is 5.92 Å². The maximum Gasteiger partial charge on any atom is 0.405 e. The van der Waals surface area contributed by atoms with Crippen LogP contribution in [0.4, 0.5) is 4.79 Å². The summed E-state index contributed by atoms with van der Waals surface area (Å²) in [6.07, 6.45) is -0.640. The summed E-state index contributed by atoms with van der Waals surface area (Å²) in [5.41, 5.74) is 1.20. The topological polar surface area (TPSA) is 82.1 Å². The van der Waals surface area contributed by atoms with Gasteiger partial charge in [0.2, 0.25) is 5.91 Å². The number of carbonyl (C=O) groups is 2. The smallest absolute Gasteiger partial charge is 0.405 e. The number of carboxylic acid groups (broad SMARTS) is 1. The first kappa shape index (κ1) is 20.0. The van der Waals surface area contributed by atoms with Gasteiger partial charge in [0.05, 0.1) is 7.11 Å². The third-order valence-electron chi connectivity index (χ3n) is 4.55. The van der Waals surface area contributed by atoms with Crippen LogP contribution in [0.1, 0.15) is 25.8 Å². The zero-order valence-electron chi connectivity index (χ0n) is 15.8. The molecule has 1 fully saturated rings. The third kappa shape index (κ3) is 5.91. The molecular formula is C19H29N3O4. The molecule has 1 aromatic carbocycles. The first-order chi connectivity index (χ1) is 12.4. The number of carbonyl (C=O) groups excluding carboxylic acids is 1. The summed E-state index contributed by atoms with van der Waals surface area (Å²) < 4.78 is 5.17. The van der Waals surface area contributed by atoms with Gasteiger partial charge in [-0.1, -0.05) is 26.0 Å². The van der Waals surface area contributed by atoms with E-state index in [2.05, 4.69) is 10.2 Å². The standard InChI is InChI=1S/C19H29N3O4/c1-14(2)12-17(20-19(24)25)18(23)22-10-8-21(9-11-22)13-15-4-6-16(26-3)7-5-15/h4-7,14,17,20H,8-13H2,1-3H3,(H,24,25)/t17-/m0/s1. The van der Waals surface area contributed by atoms with Crippen LogP contribution in [0.3, 0.4) is 0 Å². The Balaban J connectivity index is 1.87. The molecule has 26 heavy (non-hydrogen) atoms. The monoisotopic (exact) mass is 363 g/mol. The van der Waals surface area contributed by atoms with E-state index in [-0.39, 0.29) is 11.8 Å². The number of benzene rings is 1. The summed E-state index contributed by atoms with van der Waals surface area (Å²) >= 11 is 0. The van der Waals surface area contributed by atoms with Crippen molar-refractivity contribution in [2.45, 2.75) is 32.9 Å². The summed E-state index contributed by atoms with van der Waals surface area (Å²) in [6, 6.07) is 7.32. The van der Waals surface area contributed by atoms with Gasteiger partial charge in [0.1, 0.15) is 11.8 Å². The van der Waals surface area contributed by atoms with Crippen LogP contribution in [0.2, 0.25) is 0 Å². The zero-order chi connectivity index (χ0) is 19.1. The molecule has 1 atom stereocenters. The van der Waals surface area contributed by atoms with Crippen molar-refractivity contribution in [1.29, 1.82) is 0 Å². The number of rotatable bonds is 7. The van der Waals surface area contributed by atoms with Crippen LogP contribution in [-0.4, -0.2) is 66.2 Å². The second kappa shape index (κ2) is 9.43. The van der Waals surface area contributed by atoms with Crippen LogP contribution >= 0.6 is 0 Å².